The highest BCUT2D eigenvalue weighted by Crippen LogP contribution is 2.26. The van der Waals surface area contributed by atoms with E-state index in [-0.39, 0.29) is 17.0 Å². The molecule has 0 aliphatic carbocycles. The summed E-state index contributed by atoms with van der Waals surface area (Å²) in [4.78, 5) is 3.95. The van der Waals surface area contributed by atoms with E-state index in [2.05, 4.69) is 4.98 Å². The van der Waals surface area contributed by atoms with Gasteiger partial charge in [-0.3, -0.25) is 4.57 Å². The van der Waals surface area contributed by atoms with E-state index in [4.69, 9.17) is 5.73 Å². The van der Waals surface area contributed by atoms with Crippen molar-refractivity contribution in [3.63, 3.8) is 0 Å². The van der Waals surface area contributed by atoms with Gasteiger partial charge in [-0.05, 0) is 36.4 Å². The molecule has 0 fully saturated rings. The number of halogens is 3. The fourth-order valence-electron chi connectivity index (χ4n) is 1.97. The summed E-state index contributed by atoms with van der Waals surface area (Å²) in [6.07, 6.45) is 0. The minimum atomic E-state index is -1.04. The van der Waals surface area contributed by atoms with Crippen molar-refractivity contribution >= 4 is 17.0 Å². The van der Waals surface area contributed by atoms with Gasteiger partial charge in [0.05, 0.1) is 5.52 Å². The minimum Gasteiger partial charge on any atom is -0.369 e. The number of nitrogen functional groups attached to an aromatic ring is 1. The topological polar surface area (TPSA) is 43.8 Å². The van der Waals surface area contributed by atoms with E-state index in [1.807, 2.05) is 0 Å². The summed E-state index contributed by atoms with van der Waals surface area (Å²) in [5, 5.41) is 0. The second kappa shape index (κ2) is 4.01. The highest BCUT2D eigenvalue weighted by molar-refractivity contribution is 5.81. The number of aromatic nitrogens is 2. The number of rotatable bonds is 1. The fourth-order valence-corrected chi connectivity index (χ4v) is 1.97. The van der Waals surface area contributed by atoms with Crippen LogP contribution in [0.25, 0.3) is 16.7 Å². The van der Waals surface area contributed by atoms with Crippen molar-refractivity contribution in [1.82, 2.24) is 9.55 Å². The number of benzene rings is 2. The Labute approximate surface area is 106 Å². The lowest BCUT2D eigenvalue weighted by molar-refractivity contribution is 0.514. The van der Waals surface area contributed by atoms with Crippen molar-refractivity contribution in [2.24, 2.45) is 0 Å². The van der Waals surface area contributed by atoms with Crippen molar-refractivity contribution in [3.8, 4) is 5.69 Å². The van der Waals surface area contributed by atoms with Crippen LogP contribution in [0.4, 0.5) is 19.1 Å². The third-order valence-electron chi connectivity index (χ3n) is 2.82. The molecule has 2 aromatic carbocycles. The third-order valence-corrected chi connectivity index (χ3v) is 2.82. The van der Waals surface area contributed by atoms with E-state index < -0.39 is 17.5 Å². The quantitative estimate of drug-likeness (QED) is 0.733. The SMILES string of the molecule is Nc1nc2ccc(F)c(F)c2n1-c1ccc(F)cc1. The summed E-state index contributed by atoms with van der Waals surface area (Å²) in [7, 11) is 0. The molecule has 1 heterocycles. The first-order valence-corrected chi connectivity index (χ1v) is 5.46. The van der Waals surface area contributed by atoms with Crippen molar-refractivity contribution < 1.29 is 13.2 Å². The highest BCUT2D eigenvalue weighted by Gasteiger charge is 2.17. The normalized spacial score (nSPS) is 11.1. The number of hydrogen-bond donors (Lipinski definition) is 1. The van der Waals surface area contributed by atoms with Gasteiger partial charge in [-0.15, -0.1) is 0 Å². The van der Waals surface area contributed by atoms with Crippen LogP contribution in [0, 0.1) is 17.5 Å². The monoisotopic (exact) mass is 263 g/mol. The molecule has 0 spiro atoms. The molecule has 19 heavy (non-hydrogen) atoms. The minimum absolute atomic E-state index is 0.00566. The molecule has 0 aliphatic rings. The fraction of sp³-hybridized carbons (Fsp3) is 0. The van der Waals surface area contributed by atoms with E-state index >= 15 is 0 Å². The number of fused-ring (bicyclic) bond motifs is 1. The maximum atomic E-state index is 13.9. The summed E-state index contributed by atoms with van der Waals surface area (Å²) in [5.41, 5.74) is 6.29. The zero-order valence-corrected chi connectivity index (χ0v) is 9.57. The predicted molar refractivity (Wildman–Crippen MR) is 65.4 cm³/mol. The van der Waals surface area contributed by atoms with Crippen LogP contribution in [0.3, 0.4) is 0 Å². The van der Waals surface area contributed by atoms with Crippen LogP contribution in [0.15, 0.2) is 36.4 Å². The van der Waals surface area contributed by atoms with E-state index in [0.717, 1.165) is 6.07 Å². The van der Waals surface area contributed by atoms with Crippen LogP contribution in [0.2, 0.25) is 0 Å². The average Bonchev–Trinajstić information content (AvgIpc) is 2.72. The molecule has 3 nitrogen and oxygen atoms in total. The molecule has 0 amide bonds. The molecule has 96 valence electrons. The van der Waals surface area contributed by atoms with Gasteiger partial charge in [0.15, 0.2) is 11.6 Å². The molecule has 0 atom stereocenters. The average molecular weight is 263 g/mol. The molecule has 3 rings (SSSR count). The van der Waals surface area contributed by atoms with Crippen LogP contribution in [0.5, 0.6) is 0 Å². The van der Waals surface area contributed by atoms with Crippen LogP contribution >= 0.6 is 0 Å². The van der Waals surface area contributed by atoms with Crippen molar-refractivity contribution in [2.75, 3.05) is 5.73 Å². The highest BCUT2D eigenvalue weighted by atomic mass is 19.2. The van der Waals surface area contributed by atoms with E-state index in [9.17, 15) is 13.2 Å². The summed E-state index contributed by atoms with van der Waals surface area (Å²) in [5.74, 6) is -2.45. The third kappa shape index (κ3) is 1.72. The second-order valence-corrected chi connectivity index (χ2v) is 4.01. The molecule has 2 N–H and O–H groups in total. The molecule has 0 radical (unpaired) electrons. The van der Waals surface area contributed by atoms with Crippen molar-refractivity contribution in [2.45, 2.75) is 0 Å². The van der Waals surface area contributed by atoms with Gasteiger partial charge in [0, 0.05) is 5.69 Å². The predicted octanol–water partition coefficient (Wildman–Crippen LogP) is 3.03. The summed E-state index contributed by atoms with van der Waals surface area (Å²) in [6.45, 7) is 0. The Balaban J connectivity index is 2.37. The van der Waals surface area contributed by atoms with Gasteiger partial charge in [-0.25, -0.2) is 18.2 Å². The van der Waals surface area contributed by atoms with Crippen LogP contribution in [0.1, 0.15) is 0 Å². The molecule has 3 aromatic rings. The molecule has 0 saturated heterocycles. The standard InChI is InChI=1S/C13H8F3N3/c14-7-1-3-8(4-2-7)19-12-10(18-13(19)17)6-5-9(15)11(12)16/h1-6H,(H2,17,18). The number of nitrogens with zero attached hydrogens (tertiary/aromatic N) is 2. The van der Waals surface area contributed by atoms with Crippen LogP contribution in [-0.2, 0) is 0 Å². The first-order chi connectivity index (χ1) is 9.08. The second-order valence-electron chi connectivity index (χ2n) is 4.01. The van der Waals surface area contributed by atoms with Gasteiger partial charge in [0.2, 0.25) is 5.95 Å². The largest absolute Gasteiger partial charge is 0.369 e. The van der Waals surface area contributed by atoms with Gasteiger partial charge in [-0.2, -0.15) is 0 Å². The van der Waals surface area contributed by atoms with Gasteiger partial charge >= 0.3 is 0 Å². The maximum Gasteiger partial charge on any atom is 0.206 e. The van der Waals surface area contributed by atoms with E-state index in [1.54, 1.807) is 0 Å². The molecule has 0 saturated carbocycles. The van der Waals surface area contributed by atoms with Gasteiger partial charge < -0.3 is 5.73 Å². The number of anilines is 1. The molecule has 6 heteroatoms. The Morgan fingerprint density at radius 3 is 2.32 bits per heavy atom. The Bertz CT molecular complexity index is 763. The molecule has 1 aromatic heterocycles. The van der Waals surface area contributed by atoms with Gasteiger partial charge in [-0.1, -0.05) is 0 Å². The maximum absolute atomic E-state index is 13.9. The van der Waals surface area contributed by atoms with Gasteiger partial charge in [0.25, 0.3) is 0 Å². The molecular weight excluding hydrogens is 255 g/mol. The Morgan fingerprint density at radius 1 is 0.947 bits per heavy atom. The lowest BCUT2D eigenvalue weighted by atomic mass is 10.2. The lowest BCUT2D eigenvalue weighted by Gasteiger charge is -2.07. The lowest BCUT2D eigenvalue weighted by Crippen LogP contribution is -2.02. The van der Waals surface area contributed by atoms with Crippen LogP contribution < -0.4 is 5.73 Å². The van der Waals surface area contributed by atoms with Crippen molar-refractivity contribution in [3.05, 3.63) is 53.8 Å². The zero-order valence-electron chi connectivity index (χ0n) is 9.57. The Morgan fingerprint density at radius 2 is 1.63 bits per heavy atom. The van der Waals surface area contributed by atoms with Crippen LogP contribution in [-0.4, -0.2) is 9.55 Å². The zero-order chi connectivity index (χ0) is 13.6. The Hall–Kier alpha value is -2.50. The van der Waals surface area contributed by atoms with E-state index in [0.29, 0.717) is 5.69 Å². The van der Waals surface area contributed by atoms with Crippen molar-refractivity contribution in [1.29, 1.82) is 0 Å². The Kier molecular flexibility index (Phi) is 2.45. The number of hydrogen-bond acceptors (Lipinski definition) is 2. The summed E-state index contributed by atoms with van der Waals surface area (Å²) in [6, 6.07) is 7.56. The summed E-state index contributed by atoms with van der Waals surface area (Å²) >= 11 is 0. The first-order valence-electron chi connectivity index (χ1n) is 5.46. The van der Waals surface area contributed by atoms with Gasteiger partial charge in [0.1, 0.15) is 11.3 Å². The molecule has 0 bridgehead atoms. The molecule has 0 unspecified atom stereocenters. The molecular formula is C13H8F3N3. The first kappa shape index (κ1) is 11.6. The van der Waals surface area contributed by atoms with E-state index in [1.165, 1.54) is 34.9 Å². The molecule has 0 aliphatic heterocycles. The number of nitrogens with two attached hydrogens (primary N) is 1. The summed E-state index contributed by atoms with van der Waals surface area (Å²) < 4.78 is 41.3. The number of imidazole rings is 1. The smallest absolute Gasteiger partial charge is 0.206 e.